The molecule has 0 saturated heterocycles. The first-order valence-corrected chi connectivity index (χ1v) is 7.25. The predicted molar refractivity (Wildman–Crippen MR) is 65.9 cm³/mol. The second kappa shape index (κ2) is 8.41. The smallest absolute Gasteiger partial charge is 0.321 e. The number of carboxylic acid groups (broad SMARTS) is 1. The van der Waals surface area contributed by atoms with Crippen LogP contribution in [-0.2, 0) is 24.3 Å². The lowest BCUT2D eigenvalue weighted by atomic mass is 10.1. The van der Waals surface area contributed by atoms with E-state index in [0.717, 1.165) is 0 Å². The van der Waals surface area contributed by atoms with Gasteiger partial charge in [0, 0.05) is 7.11 Å². The van der Waals surface area contributed by atoms with Crippen molar-refractivity contribution in [2.75, 3.05) is 32.7 Å². The van der Waals surface area contributed by atoms with E-state index in [4.69, 9.17) is 14.6 Å². The molecule has 0 aromatic heterocycles. The highest BCUT2D eigenvalue weighted by atomic mass is 32.2. The molecule has 0 rings (SSSR count). The van der Waals surface area contributed by atoms with Crippen LogP contribution in [0.25, 0.3) is 0 Å². The molecule has 7 nitrogen and oxygen atoms in total. The highest BCUT2D eigenvalue weighted by Crippen LogP contribution is 2.03. The second-order valence-electron chi connectivity index (χ2n) is 4.10. The highest BCUT2D eigenvalue weighted by Gasteiger charge is 2.26. The molecular weight excluding hydrogens is 262 g/mol. The molecule has 0 aliphatic heterocycles. The molecule has 18 heavy (non-hydrogen) atoms. The van der Waals surface area contributed by atoms with Crippen molar-refractivity contribution in [3.05, 3.63) is 0 Å². The van der Waals surface area contributed by atoms with Gasteiger partial charge < -0.3 is 14.6 Å². The molecule has 0 heterocycles. The maximum atomic E-state index is 11.6. The van der Waals surface area contributed by atoms with Gasteiger partial charge in [-0.3, -0.25) is 4.79 Å². The van der Waals surface area contributed by atoms with Crippen LogP contribution in [-0.4, -0.2) is 58.2 Å². The second-order valence-corrected chi connectivity index (χ2v) is 5.98. The van der Waals surface area contributed by atoms with Crippen LogP contribution >= 0.6 is 0 Å². The maximum absolute atomic E-state index is 11.6. The first kappa shape index (κ1) is 17.3. The molecule has 0 aromatic rings. The third-order valence-corrected chi connectivity index (χ3v) is 3.48. The van der Waals surface area contributed by atoms with Crippen LogP contribution in [0.2, 0.25) is 0 Å². The third-order valence-electron chi connectivity index (χ3n) is 2.17. The van der Waals surface area contributed by atoms with Gasteiger partial charge in [-0.25, -0.2) is 13.1 Å². The highest BCUT2D eigenvalue weighted by molar-refractivity contribution is 7.89. The Morgan fingerprint density at radius 2 is 1.89 bits per heavy atom. The molecule has 0 fully saturated rings. The van der Waals surface area contributed by atoms with E-state index in [-0.39, 0.29) is 18.3 Å². The Kier molecular flexibility index (Phi) is 8.08. The summed E-state index contributed by atoms with van der Waals surface area (Å²) in [6.45, 7) is 3.96. The van der Waals surface area contributed by atoms with Gasteiger partial charge in [-0.15, -0.1) is 0 Å². The molecule has 0 aliphatic rings. The average Bonchev–Trinajstić information content (AvgIpc) is 2.25. The van der Waals surface area contributed by atoms with Gasteiger partial charge in [0.1, 0.15) is 6.04 Å². The molecule has 108 valence electrons. The van der Waals surface area contributed by atoms with Gasteiger partial charge in [0.15, 0.2) is 0 Å². The van der Waals surface area contributed by atoms with Crippen molar-refractivity contribution in [1.29, 1.82) is 0 Å². The Balaban J connectivity index is 4.17. The molecular formula is C10H21NO6S. The molecule has 8 heteroatoms. The van der Waals surface area contributed by atoms with E-state index in [1.165, 1.54) is 7.11 Å². The Hall–Kier alpha value is -0.700. The SMILES string of the molecule is COCCOCCS(=O)(=O)NC(C(=O)O)C(C)C. The number of methoxy groups -OCH3 is 1. The number of carbonyl (C=O) groups is 1. The summed E-state index contributed by atoms with van der Waals surface area (Å²) < 4.78 is 35.1. The fraction of sp³-hybridized carbons (Fsp3) is 0.900. The number of hydrogen-bond acceptors (Lipinski definition) is 5. The van der Waals surface area contributed by atoms with Crippen LogP contribution in [0.5, 0.6) is 0 Å². The molecule has 0 bridgehead atoms. The van der Waals surface area contributed by atoms with Crippen molar-refractivity contribution in [3.63, 3.8) is 0 Å². The van der Waals surface area contributed by atoms with Crippen LogP contribution in [0.1, 0.15) is 13.8 Å². The lowest BCUT2D eigenvalue weighted by Crippen LogP contribution is -2.45. The van der Waals surface area contributed by atoms with Crippen LogP contribution in [0, 0.1) is 5.92 Å². The molecule has 1 unspecified atom stereocenters. The van der Waals surface area contributed by atoms with E-state index in [1.807, 2.05) is 0 Å². The Bertz CT molecular complexity index is 340. The van der Waals surface area contributed by atoms with Gasteiger partial charge in [0.05, 0.1) is 25.6 Å². The zero-order valence-corrected chi connectivity index (χ0v) is 11.7. The monoisotopic (exact) mass is 283 g/mol. The van der Waals surface area contributed by atoms with Gasteiger partial charge in [-0.1, -0.05) is 13.8 Å². The summed E-state index contributed by atoms with van der Waals surface area (Å²) in [5.41, 5.74) is 0. The lowest BCUT2D eigenvalue weighted by molar-refractivity contribution is -0.140. The average molecular weight is 283 g/mol. The number of carboxylic acids is 1. The van der Waals surface area contributed by atoms with E-state index in [1.54, 1.807) is 13.8 Å². The molecule has 0 saturated carbocycles. The van der Waals surface area contributed by atoms with E-state index >= 15 is 0 Å². The quantitative estimate of drug-likeness (QED) is 0.533. The minimum absolute atomic E-state index is 0.00310. The third kappa shape index (κ3) is 7.59. The first-order valence-electron chi connectivity index (χ1n) is 5.59. The van der Waals surface area contributed by atoms with Crippen molar-refractivity contribution in [2.24, 2.45) is 5.92 Å². The van der Waals surface area contributed by atoms with E-state index in [9.17, 15) is 13.2 Å². The Morgan fingerprint density at radius 1 is 1.28 bits per heavy atom. The number of aliphatic carboxylic acids is 1. The van der Waals surface area contributed by atoms with Gasteiger partial charge in [0.25, 0.3) is 0 Å². The summed E-state index contributed by atoms with van der Waals surface area (Å²) >= 11 is 0. The molecule has 2 N–H and O–H groups in total. The molecule has 0 radical (unpaired) electrons. The molecule has 0 amide bonds. The zero-order valence-electron chi connectivity index (χ0n) is 10.9. The van der Waals surface area contributed by atoms with Crippen molar-refractivity contribution in [1.82, 2.24) is 4.72 Å². The largest absolute Gasteiger partial charge is 0.480 e. The van der Waals surface area contributed by atoms with Gasteiger partial charge >= 0.3 is 5.97 Å². The summed E-state index contributed by atoms with van der Waals surface area (Å²) in [7, 11) is -2.14. The van der Waals surface area contributed by atoms with E-state index < -0.39 is 22.0 Å². The molecule has 0 spiro atoms. The van der Waals surface area contributed by atoms with E-state index in [2.05, 4.69) is 4.72 Å². The number of sulfonamides is 1. The lowest BCUT2D eigenvalue weighted by Gasteiger charge is -2.17. The van der Waals surface area contributed by atoms with Crippen LogP contribution in [0.4, 0.5) is 0 Å². The van der Waals surface area contributed by atoms with Gasteiger partial charge in [-0.05, 0) is 5.92 Å². The molecule has 0 aliphatic carbocycles. The summed E-state index contributed by atoms with van der Waals surface area (Å²) in [5, 5.41) is 8.87. The van der Waals surface area contributed by atoms with Crippen molar-refractivity contribution in [3.8, 4) is 0 Å². The predicted octanol–water partition coefficient (Wildman–Crippen LogP) is -0.322. The van der Waals surface area contributed by atoms with Crippen molar-refractivity contribution >= 4 is 16.0 Å². The van der Waals surface area contributed by atoms with Crippen LogP contribution < -0.4 is 4.72 Å². The number of nitrogens with one attached hydrogen (secondary N) is 1. The standard InChI is InChI=1S/C10H21NO6S/c1-8(2)9(10(12)13)11-18(14,15)7-6-17-5-4-16-3/h8-9,11H,4-7H2,1-3H3,(H,12,13). The van der Waals surface area contributed by atoms with Crippen molar-refractivity contribution < 1.29 is 27.8 Å². The van der Waals surface area contributed by atoms with Crippen LogP contribution in [0.3, 0.4) is 0 Å². The minimum atomic E-state index is -3.65. The number of ether oxygens (including phenoxy) is 2. The van der Waals surface area contributed by atoms with Gasteiger partial charge in [-0.2, -0.15) is 0 Å². The molecule has 0 aromatic carbocycles. The molecule has 1 atom stereocenters. The van der Waals surface area contributed by atoms with Crippen molar-refractivity contribution in [2.45, 2.75) is 19.9 Å². The summed E-state index contributed by atoms with van der Waals surface area (Å²) in [5.74, 6) is -1.78. The Morgan fingerprint density at radius 3 is 2.33 bits per heavy atom. The minimum Gasteiger partial charge on any atom is -0.480 e. The first-order chi connectivity index (χ1) is 8.30. The maximum Gasteiger partial charge on any atom is 0.321 e. The fourth-order valence-corrected chi connectivity index (χ4v) is 2.35. The summed E-state index contributed by atoms with van der Waals surface area (Å²) in [4.78, 5) is 10.9. The zero-order chi connectivity index (χ0) is 14.2. The summed E-state index contributed by atoms with van der Waals surface area (Å²) in [6, 6.07) is -1.12. The topological polar surface area (TPSA) is 102 Å². The van der Waals surface area contributed by atoms with E-state index in [0.29, 0.717) is 13.2 Å². The normalized spacial score (nSPS) is 13.8. The Labute approximate surface area is 108 Å². The van der Waals surface area contributed by atoms with Gasteiger partial charge in [0.2, 0.25) is 10.0 Å². The van der Waals surface area contributed by atoms with Crippen LogP contribution in [0.15, 0.2) is 0 Å². The number of rotatable bonds is 10. The fourth-order valence-electron chi connectivity index (χ4n) is 1.14. The summed E-state index contributed by atoms with van der Waals surface area (Å²) in [6.07, 6.45) is 0. The number of hydrogen-bond donors (Lipinski definition) is 2.